The van der Waals surface area contributed by atoms with Crippen LogP contribution in [0.2, 0.25) is 0 Å². The molecule has 0 spiro atoms. The first-order chi connectivity index (χ1) is 18.0. The SMILES string of the molecule is COc1ccc(F)cc1[C@@H](Cn1c(=O)n(C(C)(C)C(=O)O)c(=O)c2c(C)c(C#N)sc21)OC1CCOCC1. The Kier molecular flexibility index (Phi) is 7.73. The van der Waals surface area contributed by atoms with E-state index in [-0.39, 0.29) is 27.7 Å². The summed E-state index contributed by atoms with van der Waals surface area (Å²) in [5.74, 6) is -1.57. The number of aromatic nitrogens is 2. The average molecular weight is 546 g/mol. The molecule has 202 valence electrons. The van der Waals surface area contributed by atoms with E-state index in [2.05, 4.69) is 0 Å². The van der Waals surface area contributed by atoms with Crippen LogP contribution in [0.15, 0.2) is 27.8 Å². The third-order valence-corrected chi connectivity index (χ3v) is 8.03. The van der Waals surface area contributed by atoms with Crippen LogP contribution in [0.1, 0.15) is 48.8 Å². The zero-order valence-electron chi connectivity index (χ0n) is 21.4. The van der Waals surface area contributed by atoms with E-state index in [0.717, 1.165) is 11.3 Å². The molecular formula is C26H28FN3O7S. The van der Waals surface area contributed by atoms with Crippen molar-refractivity contribution in [2.45, 2.75) is 57.9 Å². The molecule has 1 fully saturated rings. The summed E-state index contributed by atoms with van der Waals surface area (Å²) >= 11 is 0.963. The number of halogens is 1. The van der Waals surface area contributed by atoms with E-state index in [4.69, 9.17) is 14.2 Å². The summed E-state index contributed by atoms with van der Waals surface area (Å²) in [7, 11) is 1.43. The maximum absolute atomic E-state index is 14.4. The fourth-order valence-corrected chi connectivity index (χ4v) is 5.68. The van der Waals surface area contributed by atoms with Gasteiger partial charge in [-0.3, -0.25) is 9.36 Å². The Labute approximate surface area is 221 Å². The summed E-state index contributed by atoms with van der Waals surface area (Å²) in [6.45, 7) is 4.87. The topological polar surface area (TPSA) is 133 Å². The van der Waals surface area contributed by atoms with Crippen LogP contribution in [0.25, 0.3) is 10.2 Å². The largest absolute Gasteiger partial charge is 0.496 e. The maximum atomic E-state index is 14.4. The lowest BCUT2D eigenvalue weighted by Gasteiger charge is -2.30. The van der Waals surface area contributed by atoms with Crippen molar-refractivity contribution < 1.29 is 28.5 Å². The number of rotatable bonds is 8. The maximum Gasteiger partial charge on any atom is 0.333 e. The highest BCUT2D eigenvalue weighted by atomic mass is 32.1. The van der Waals surface area contributed by atoms with Gasteiger partial charge >= 0.3 is 11.7 Å². The smallest absolute Gasteiger partial charge is 0.333 e. The van der Waals surface area contributed by atoms with E-state index in [0.29, 0.717) is 47.5 Å². The number of fused-ring (bicyclic) bond motifs is 1. The van der Waals surface area contributed by atoms with Gasteiger partial charge in [0, 0.05) is 18.8 Å². The van der Waals surface area contributed by atoms with Crippen LogP contribution in [0.3, 0.4) is 0 Å². The quantitative estimate of drug-likeness (QED) is 0.456. The van der Waals surface area contributed by atoms with Crippen molar-refractivity contribution in [3.63, 3.8) is 0 Å². The summed E-state index contributed by atoms with van der Waals surface area (Å²) in [6, 6.07) is 6.01. The summed E-state index contributed by atoms with van der Waals surface area (Å²) < 4.78 is 33.6. The summed E-state index contributed by atoms with van der Waals surface area (Å²) in [5.41, 5.74) is -2.86. The molecule has 0 aliphatic carbocycles. The number of carboxylic acids is 1. The van der Waals surface area contributed by atoms with Gasteiger partial charge in [-0.25, -0.2) is 18.5 Å². The number of carbonyl (C=O) groups is 1. The second-order valence-electron chi connectivity index (χ2n) is 9.57. The highest BCUT2D eigenvalue weighted by Crippen LogP contribution is 2.34. The number of aliphatic carboxylic acids is 1. The first kappa shape index (κ1) is 27.5. The Morgan fingerprint density at radius 1 is 1.34 bits per heavy atom. The predicted octanol–water partition coefficient (Wildman–Crippen LogP) is 3.31. The number of thiophene rings is 1. The number of carboxylic acid groups (broad SMARTS) is 1. The number of aryl methyl sites for hydroxylation is 1. The van der Waals surface area contributed by atoms with Crippen molar-refractivity contribution in [2.24, 2.45) is 0 Å². The second kappa shape index (κ2) is 10.7. The zero-order chi connectivity index (χ0) is 27.8. The van der Waals surface area contributed by atoms with Gasteiger partial charge in [-0.15, -0.1) is 11.3 Å². The zero-order valence-corrected chi connectivity index (χ0v) is 22.3. The molecule has 1 aromatic carbocycles. The van der Waals surface area contributed by atoms with Crippen LogP contribution in [-0.4, -0.2) is 46.6 Å². The molecule has 38 heavy (non-hydrogen) atoms. The van der Waals surface area contributed by atoms with E-state index in [1.54, 1.807) is 6.92 Å². The normalized spacial score (nSPS) is 15.4. The monoisotopic (exact) mass is 545 g/mol. The number of nitrogens with zero attached hydrogens (tertiary/aromatic N) is 3. The molecule has 3 heterocycles. The van der Waals surface area contributed by atoms with Gasteiger partial charge in [0.05, 0.1) is 25.1 Å². The van der Waals surface area contributed by atoms with E-state index < -0.39 is 34.7 Å². The number of hydrogen-bond acceptors (Lipinski definition) is 8. The molecule has 12 heteroatoms. The van der Waals surface area contributed by atoms with Gasteiger partial charge in [0.2, 0.25) is 0 Å². The average Bonchev–Trinajstić information content (AvgIpc) is 3.22. The minimum absolute atomic E-state index is 0.0801. The number of ether oxygens (including phenoxy) is 3. The lowest BCUT2D eigenvalue weighted by molar-refractivity contribution is -0.146. The van der Waals surface area contributed by atoms with E-state index >= 15 is 0 Å². The Hall–Kier alpha value is -3.53. The van der Waals surface area contributed by atoms with Crippen LogP contribution >= 0.6 is 11.3 Å². The third kappa shape index (κ3) is 4.84. The van der Waals surface area contributed by atoms with Gasteiger partial charge in [-0.05, 0) is 57.4 Å². The molecule has 2 aromatic heterocycles. The Morgan fingerprint density at radius 2 is 2.03 bits per heavy atom. The minimum Gasteiger partial charge on any atom is -0.496 e. The van der Waals surface area contributed by atoms with Crippen molar-refractivity contribution >= 4 is 27.5 Å². The van der Waals surface area contributed by atoms with Crippen molar-refractivity contribution in [1.82, 2.24) is 9.13 Å². The van der Waals surface area contributed by atoms with E-state index in [1.807, 2.05) is 6.07 Å². The lowest BCUT2D eigenvalue weighted by Crippen LogP contribution is -2.52. The minimum atomic E-state index is -1.89. The van der Waals surface area contributed by atoms with Crippen molar-refractivity contribution in [2.75, 3.05) is 20.3 Å². The van der Waals surface area contributed by atoms with Gasteiger partial charge < -0.3 is 19.3 Å². The Balaban J connectivity index is 1.99. The van der Waals surface area contributed by atoms with Crippen LogP contribution in [-0.2, 0) is 26.4 Å². The van der Waals surface area contributed by atoms with Crippen LogP contribution in [0, 0.1) is 24.1 Å². The molecule has 0 saturated carbocycles. The molecule has 1 aliphatic rings. The Bertz CT molecular complexity index is 1540. The van der Waals surface area contributed by atoms with Gasteiger partial charge in [-0.1, -0.05) is 0 Å². The van der Waals surface area contributed by atoms with Gasteiger partial charge in [-0.2, -0.15) is 5.26 Å². The molecular weight excluding hydrogens is 517 g/mol. The molecule has 0 amide bonds. The summed E-state index contributed by atoms with van der Waals surface area (Å²) in [4.78, 5) is 39.9. The van der Waals surface area contributed by atoms with Gasteiger partial charge in [0.25, 0.3) is 5.56 Å². The summed E-state index contributed by atoms with van der Waals surface area (Å²) in [5, 5.41) is 19.6. The third-order valence-electron chi connectivity index (χ3n) is 6.81. The molecule has 10 nitrogen and oxygen atoms in total. The number of benzene rings is 1. The number of hydrogen-bond donors (Lipinski definition) is 1. The number of methoxy groups -OCH3 is 1. The number of nitriles is 1. The van der Waals surface area contributed by atoms with Crippen molar-refractivity contribution in [1.29, 1.82) is 5.26 Å². The Morgan fingerprint density at radius 3 is 2.63 bits per heavy atom. The fourth-order valence-electron chi connectivity index (χ4n) is 4.58. The predicted molar refractivity (Wildman–Crippen MR) is 137 cm³/mol. The molecule has 4 rings (SSSR count). The van der Waals surface area contributed by atoms with Gasteiger partial charge in [0.1, 0.15) is 39.0 Å². The first-order valence-corrected chi connectivity index (χ1v) is 12.8. The summed E-state index contributed by atoms with van der Waals surface area (Å²) in [6.07, 6.45) is 0.00644. The van der Waals surface area contributed by atoms with Crippen molar-refractivity contribution in [3.05, 3.63) is 60.9 Å². The van der Waals surface area contributed by atoms with Crippen molar-refractivity contribution in [3.8, 4) is 11.8 Å². The standard InChI is InChI=1S/C26H28FN3O7S/c1-14-20(12-28)38-23-21(14)22(31)30(26(2,3)24(32)33)25(34)29(23)13-19(37-16-7-9-36-10-8-16)17-11-15(27)5-6-18(17)35-4/h5-6,11,16,19H,7-10,13H2,1-4H3,(H,32,33)/t19-/m1/s1. The molecule has 0 unspecified atom stereocenters. The van der Waals surface area contributed by atoms with Crippen LogP contribution < -0.4 is 16.0 Å². The second-order valence-corrected chi connectivity index (χ2v) is 10.6. The molecule has 1 saturated heterocycles. The fraction of sp³-hybridized carbons (Fsp3) is 0.462. The van der Waals surface area contributed by atoms with Crippen LogP contribution in [0.4, 0.5) is 4.39 Å². The van der Waals surface area contributed by atoms with E-state index in [9.17, 15) is 29.1 Å². The molecule has 3 aromatic rings. The lowest BCUT2D eigenvalue weighted by atomic mass is 10.0. The van der Waals surface area contributed by atoms with E-state index in [1.165, 1.54) is 43.7 Å². The molecule has 1 aliphatic heterocycles. The molecule has 1 N–H and O–H groups in total. The van der Waals surface area contributed by atoms with Crippen LogP contribution in [0.5, 0.6) is 5.75 Å². The van der Waals surface area contributed by atoms with Gasteiger partial charge in [0.15, 0.2) is 0 Å². The highest BCUT2D eigenvalue weighted by molar-refractivity contribution is 7.19. The molecule has 0 bridgehead atoms. The highest BCUT2D eigenvalue weighted by Gasteiger charge is 2.36. The first-order valence-electron chi connectivity index (χ1n) is 12.0. The molecule has 0 radical (unpaired) electrons. The molecule has 1 atom stereocenters.